The molecule has 1 rings (SSSR count). The van der Waals surface area contributed by atoms with E-state index in [1.54, 1.807) is 0 Å². The molecule has 17 heavy (non-hydrogen) atoms. The van der Waals surface area contributed by atoms with E-state index in [1.165, 1.54) is 11.9 Å². The number of imide groups is 1. The largest absolute Gasteiger partial charge is 0.394 e. The number of ether oxygens (including phenoxy) is 2. The Labute approximate surface area is 99.9 Å². The highest BCUT2D eigenvalue weighted by Gasteiger charge is 2.32. The first-order valence-electron chi connectivity index (χ1n) is 5.48. The fraction of sp³-hybridized carbons (Fsp3) is 0.800. The van der Waals surface area contributed by atoms with Gasteiger partial charge in [0.05, 0.1) is 33.0 Å². The molecule has 0 bridgehead atoms. The molecule has 0 saturated carbocycles. The van der Waals surface area contributed by atoms with Gasteiger partial charge in [-0.25, -0.2) is 4.79 Å². The molecule has 0 spiro atoms. The lowest BCUT2D eigenvalue weighted by Crippen LogP contribution is -2.32. The van der Waals surface area contributed by atoms with Gasteiger partial charge in [-0.05, 0) is 0 Å². The Balaban J connectivity index is 2.04. The molecule has 7 heteroatoms. The molecule has 1 heterocycles. The predicted molar refractivity (Wildman–Crippen MR) is 58.5 cm³/mol. The van der Waals surface area contributed by atoms with Gasteiger partial charge in [-0.3, -0.25) is 9.69 Å². The minimum absolute atomic E-state index is 0.00325. The molecule has 0 unspecified atom stereocenters. The minimum atomic E-state index is -0.282. The molecule has 1 aliphatic heterocycles. The SMILES string of the molecule is CN1C(=O)CN(CCOCCOCCO)C1=O. The van der Waals surface area contributed by atoms with Crippen molar-refractivity contribution in [2.45, 2.75) is 0 Å². The number of amides is 3. The Hall–Kier alpha value is -1.18. The van der Waals surface area contributed by atoms with E-state index in [2.05, 4.69) is 0 Å². The van der Waals surface area contributed by atoms with Crippen molar-refractivity contribution in [2.24, 2.45) is 0 Å². The average Bonchev–Trinajstić information content (AvgIpc) is 2.56. The van der Waals surface area contributed by atoms with Crippen LogP contribution in [0, 0.1) is 0 Å². The smallest absolute Gasteiger partial charge is 0.327 e. The Morgan fingerprint density at radius 2 is 1.82 bits per heavy atom. The summed E-state index contributed by atoms with van der Waals surface area (Å²) < 4.78 is 10.2. The highest BCUT2D eigenvalue weighted by atomic mass is 16.5. The second-order valence-corrected chi connectivity index (χ2v) is 3.61. The molecule has 0 aromatic carbocycles. The molecule has 0 radical (unpaired) electrons. The van der Waals surface area contributed by atoms with Gasteiger partial charge in [-0.1, -0.05) is 0 Å². The van der Waals surface area contributed by atoms with E-state index in [1.807, 2.05) is 0 Å². The number of hydrogen-bond acceptors (Lipinski definition) is 5. The molecule has 0 aromatic rings. The van der Waals surface area contributed by atoms with E-state index in [9.17, 15) is 9.59 Å². The molecule has 0 aliphatic carbocycles. The van der Waals surface area contributed by atoms with Crippen LogP contribution in [0.25, 0.3) is 0 Å². The standard InChI is InChI=1S/C10H18N2O5/c1-11-9(14)8-12(10(11)15)2-4-16-6-7-17-5-3-13/h13H,2-8H2,1H3. The summed E-state index contributed by atoms with van der Waals surface area (Å²) in [4.78, 5) is 25.2. The molecule has 7 nitrogen and oxygen atoms in total. The summed E-state index contributed by atoms with van der Waals surface area (Å²) >= 11 is 0. The second-order valence-electron chi connectivity index (χ2n) is 3.61. The zero-order valence-electron chi connectivity index (χ0n) is 9.92. The lowest BCUT2D eigenvalue weighted by atomic mass is 10.5. The van der Waals surface area contributed by atoms with Crippen molar-refractivity contribution in [2.75, 3.05) is 53.2 Å². The highest BCUT2D eigenvalue weighted by Crippen LogP contribution is 2.06. The molecular weight excluding hydrogens is 228 g/mol. The highest BCUT2D eigenvalue weighted by molar-refractivity contribution is 6.01. The predicted octanol–water partition coefficient (Wildman–Crippen LogP) is -1.09. The van der Waals surface area contributed by atoms with Crippen molar-refractivity contribution in [3.8, 4) is 0 Å². The van der Waals surface area contributed by atoms with Crippen LogP contribution in [0.1, 0.15) is 0 Å². The molecule has 0 aromatic heterocycles. The first-order valence-corrected chi connectivity index (χ1v) is 5.48. The minimum Gasteiger partial charge on any atom is -0.394 e. The van der Waals surface area contributed by atoms with Gasteiger partial charge < -0.3 is 19.5 Å². The third kappa shape index (κ3) is 4.29. The fourth-order valence-electron chi connectivity index (χ4n) is 1.39. The van der Waals surface area contributed by atoms with E-state index in [4.69, 9.17) is 14.6 Å². The number of likely N-dealkylation sites (N-methyl/N-ethyl adjacent to an activating group) is 1. The van der Waals surface area contributed by atoms with Crippen LogP contribution in [-0.2, 0) is 14.3 Å². The average molecular weight is 246 g/mol. The monoisotopic (exact) mass is 246 g/mol. The molecule has 0 atom stereocenters. The Morgan fingerprint density at radius 3 is 2.35 bits per heavy atom. The lowest BCUT2D eigenvalue weighted by Gasteiger charge is -2.14. The maximum Gasteiger partial charge on any atom is 0.327 e. The van der Waals surface area contributed by atoms with Crippen LogP contribution in [0.4, 0.5) is 4.79 Å². The fourth-order valence-corrected chi connectivity index (χ4v) is 1.39. The number of hydrogen-bond donors (Lipinski definition) is 1. The van der Waals surface area contributed by atoms with Crippen molar-refractivity contribution in [3.05, 3.63) is 0 Å². The summed E-state index contributed by atoms with van der Waals surface area (Å²) in [7, 11) is 1.47. The second kappa shape index (κ2) is 7.21. The van der Waals surface area contributed by atoms with Crippen LogP contribution in [0.3, 0.4) is 0 Å². The van der Waals surface area contributed by atoms with Gasteiger partial charge in [0.15, 0.2) is 0 Å². The third-order valence-electron chi connectivity index (χ3n) is 2.37. The number of nitrogens with zero attached hydrogens (tertiary/aromatic N) is 2. The van der Waals surface area contributed by atoms with E-state index in [0.717, 1.165) is 4.90 Å². The van der Waals surface area contributed by atoms with Crippen LogP contribution >= 0.6 is 0 Å². The molecule has 98 valence electrons. The molecule has 3 amide bonds. The zero-order chi connectivity index (χ0) is 12.7. The number of aliphatic hydroxyl groups excluding tert-OH is 1. The Bertz CT molecular complexity index is 271. The van der Waals surface area contributed by atoms with E-state index in [-0.39, 0.29) is 25.1 Å². The van der Waals surface area contributed by atoms with Gasteiger partial charge in [0.25, 0.3) is 0 Å². The summed E-state index contributed by atoms with van der Waals surface area (Å²) in [5, 5.41) is 8.44. The van der Waals surface area contributed by atoms with Crippen LogP contribution in [0.5, 0.6) is 0 Å². The summed E-state index contributed by atoms with van der Waals surface area (Å²) in [6.07, 6.45) is 0. The van der Waals surface area contributed by atoms with Crippen LogP contribution < -0.4 is 0 Å². The molecule has 1 saturated heterocycles. The van der Waals surface area contributed by atoms with Crippen molar-refractivity contribution in [1.29, 1.82) is 0 Å². The van der Waals surface area contributed by atoms with Crippen LogP contribution in [0.15, 0.2) is 0 Å². The number of urea groups is 1. The number of carbonyl (C=O) groups is 2. The Kier molecular flexibility index (Phi) is 5.88. The lowest BCUT2D eigenvalue weighted by molar-refractivity contribution is -0.124. The normalized spacial score (nSPS) is 16.1. The maximum absolute atomic E-state index is 11.4. The third-order valence-corrected chi connectivity index (χ3v) is 2.37. The summed E-state index contributed by atoms with van der Waals surface area (Å²) in [5.41, 5.74) is 0. The molecule has 1 fully saturated rings. The van der Waals surface area contributed by atoms with Crippen molar-refractivity contribution in [3.63, 3.8) is 0 Å². The molecular formula is C10H18N2O5. The van der Waals surface area contributed by atoms with Gasteiger partial charge in [-0.2, -0.15) is 0 Å². The van der Waals surface area contributed by atoms with Crippen molar-refractivity contribution >= 4 is 11.9 Å². The number of aliphatic hydroxyl groups is 1. The molecule has 1 N–H and O–H groups in total. The van der Waals surface area contributed by atoms with Gasteiger partial charge in [0.1, 0.15) is 6.54 Å². The van der Waals surface area contributed by atoms with Gasteiger partial charge >= 0.3 is 6.03 Å². The maximum atomic E-state index is 11.4. The summed E-state index contributed by atoms with van der Waals surface area (Å²) in [5.74, 6) is -0.193. The van der Waals surface area contributed by atoms with Gasteiger partial charge in [0, 0.05) is 13.6 Å². The zero-order valence-corrected chi connectivity index (χ0v) is 9.92. The van der Waals surface area contributed by atoms with Crippen molar-refractivity contribution < 1.29 is 24.2 Å². The quantitative estimate of drug-likeness (QED) is 0.434. The van der Waals surface area contributed by atoms with Gasteiger partial charge in [-0.15, -0.1) is 0 Å². The van der Waals surface area contributed by atoms with E-state index >= 15 is 0 Å². The Morgan fingerprint density at radius 1 is 1.18 bits per heavy atom. The topological polar surface area (TPSA) is 79.3 Å². The van der Waals surface area contributed by atoms with Crippen LogP contribution in [0.2, 0.25) is 0 Å². The molecule has 1 aliphatic rings. The first kappa shape index (κ1) is 13.9. The first-order chi connectivity index (χ1) is 8.16. The van der Waals surface area contributed by atoms with E-state index < -0.39 is 0 Å². The number of rotatable bonds is 8. The van der Waals surface area contributed by atoms with Gasteiger partial charge in [0.2, 0.25) is 5.91 Å². The van der Waals surface area contributed by atoms with Crippen molar-refractivity contribution in [1.82, 2.24) is 9.80 Å². The van der Waals surface area contributed by atoms with Crippen LogP contribution in [-0.4, -0.2) is 80.0 Å². The number of carbonyl (C=O) groups excluding carboxylic acids is 2. The summed E-state index contributed by atoms with van der Waals surface area (Å²) in [6.45, 7) is 2.01. The van der Waals surface area contributed by atoms with E-state index in [0.29, 0.717) is 33.0 Å². The summed E-state index contributed by atoms with van der Waals surface area (Å²) in [6, 6.07) is -0.282.